The number of carboxylic acids is 1. The van der Waals surface area contributed by atoms with Crippen molar-refractivity contribution in [1.29, 1.82) is 0 Å². The molecule has 2 aromatic carbocycles. The monoisotopic (exact) mass is 527 g/mol. The van der Waals surface area contributed by atoms with Crippen LogP contribution in [0.1, 0.15) is 11.1 Å². The zero-order chi connectivity index (χ0) is 26.9. The summed E-state index contributed by atoms with van der Waals surface area (Å²) < 4.78 is 0. The standard InChI is InChI=1S/C25H29N5O6S/c26-11-22(32)28-21(13-37)24(34)29-19(10-15-12-27-18-4-2-1-3-17(15)18)23(33)30-20(25(35)36)9-14-5-7-16(31)8-6-14/h1-8,12,19-21,27,31,37H,9-11,13,26H2,(H,28,32)(H,29,34)(H,30,33)(H,35,36). The van der Waals surface area contributed by atoms with Crippen molar-refractivity contribution in [2.24, 2.45) is 5.73 Å². The molecule has 3 unspecified atom stereocenters. The number of carboxylic acid groups (broad SMARTS) is 1. The maximum absolute atomic E-state index is 13.3. The van der Waals surface area contributed by atoms with Crippen LogP contribution in [-0.2, 0) is 32.0 Å². The van der Waals surface area contributed by atoms with Gasteiger partial charge >= 0.3 is 5.97 Å². The lowest BCUT2D eigenvalue weighted by Crippen LogP contribution is -2.57. The van der Waals surface area contributed by atoms with Gasteiger partial charge in [0.2, 0.25) is 17.7 Å². The number of aromatic hydroxyl groups is 1. The number of aliphatic carboxylic acids is 1. The van der Waals surface area contributed by atoms with Crippen LogP contribution in [0, 0.1) is 0 Å². The molecule has 3 amide bonds. The lowest BCUT2D eigenvalue weighted by molar-refractivity contribution is -0.142. The van der Waals surface area contributed by atoms with Crippen molar-refractivity contribution in [2.45, 2.75) is 31.0 Å². The molecule has 8 N–H and O–H groups in total. The van der Waals surface area contributed by atoms with Crippen LogP contribution < -0.4 is 21.7 Å². The third-order valence-electron chi connectivity index (χ3n) is 5.74. The van der Waals surface area contributed by atoms with Gasteiger partial charge in [-0.1, -0.05) is 30.3 Å². The van der Waals surface area contributed by atoms with Crippen LogP contribution in [0.15, 0.2) is 54.7 Å². The number of thiol groups is 1. The van der Waals surface area contributed by atoms with Crippen LogP contribution in [0.25, 0.3) is 10.9 Å². The second kappa shape index (κ2) is 12.8. The second-order valence-electron chi connectivity index (χ2n) is 8.40. The number of amides is 3. The molecule has 3 atom stereocenters. The molecule has 1 aromatic heterocycles. The van der Waals surface area contributed by atoms with E-state index in [1.54, 1.807) is 18.3 Å². The number of hydrogen-bond donors (Lipinski definition) is 8. The summed E-state index contributed by atoms with van der Waals surface area (Å²) in [5, 5.41) is 27.6. The van der Waals surface area contributed by atoms with Gasteiger partial charge in [-0.2, -0.15) is 12.6 Å². The molecule has 0 aliphatic heterocycles. The number of H-pyrrole nitrogens is 1. The first-order valence-corrected chi connectivity index (χ1v) is 12.1. The highest BCUT2D eigenvalue weighted by Crippen LogP contribution is 2.19. The number of phenols is 1. The zero-order valence-electron chi connectivity index (χ0n) is 19.8. The summed E-state index contributed by atoms with van der Waals surface area (Å²) in [5.74, 6) is -3.22. The first-order chi connectivity index (χ1) is 17.7. The van der Waals surface area contributed by atoms with Gasteiger partial charge in [0.1, 0.15) is 23.9 Å². The van der Waals surface area contributed by atoms with Crippen LogP contribution in [-0.4, -0.2) is 69.3 Å². The highest BCUT2D eigenvalue weighted by Gasteiger charge is 2.30. The van der Waals surface area contributed by atoms with Crippen molar-refractivity contribution in [1.82, 2.24) is 20.9 Å². The van der Waals surface area contributed by atoms with Gasteiger partial charge in [-0.3, -0.25) is 14.4 Å². The summed E-state index contributed by atoms with van der Waals surface area (Å²) in [6, 6.07) is 9.86. The molecule has 0 spiro atoms. The van der Waals surface area contributed by atoms with Gasteiger partial charge in [0, 0.05) is 35.7 Å². The second-order valence-corrected chi connectivity index (χ2v) is 8.77. The molecule has 0 fully saturated rings. The van der Waals surface area contributed by atoms with Crippen molar-refractivity contribution in [3.63, 3.8) is 0 Å². The van der Waals surface area contributed by atoms with E-state index < -0.39 is 41.8 Å². The van der Waals surface area contributed by atoms with Crippen molar-refractivity contribution in [2.75, 3.05) is 12.3 Å². The van der Waals surface area contributed by atoms with Gasteiger partial charge in [-0.25, -0.2) is 4.79 Å². The summed E-state index contributed by atoms with van der Waals surface area (Å²) in [6.07, 6.45) is 1.73. The molecule has 1 heterocycles. The summed E-state index contributed by atoms with van der Waals surface area (Å²) in [7, 11) is 0. The van der Waals surface area contributed by atoms with Gasteiger partial charge in [0.05, 0.1) is 6.54 Å². The molecule has 0 aliphatic carbocycles. The number of fused-ring (bicyclic) bond motifs is 1. The predicted molar refractivity (Wildman–Crippen MR) is 140 cm³/mol. The van der Waals surface area contributed by atoms with E-state index in [9.17, 15) is 29.4 Å². The number of hydrogen-bond acceptors (Lipinski definition) is 7. The molecule has 3 aromatic rings. The topological polar surface area (TPSA) is 187 Å². The highest BCUT2D eigenvalue weighted by molar-refractivity contribution is 7.80. The normalized spacial score (nSPS) is 13.4. The Hall–Kier alpha value is -4.03. The minimum Gasteiger partial charge on any atom is -0.508 e. The SMILES string of the molecule is NCC(=O)NC(CS)C(=O)NC(Cc1c[nH]c2ccccc12)C(=O)NC(Cc1ccc(O)cc1)C(=O)O. The fraction of sp³-hybridized carbons (Fsp3) is 0.280. The van der Waals surface area contributed by atoms with E-state index in [-0.39, 0.29) is 30.9 Å². The van der Waals surface area contributed by atoms with Crippen LogP contribution in [0.5, 0.6) is 5.75 Å². The Labute approximate surface area is 218 Å². The Kier molecular flexibility index (Phi) is 9.52. The quantitative estimate of drug-likeness (QED) is 0.153. The minimum atomic E-state index is -1.29. The molecule has 11 nitrogen and oxygen atoms in total. The molecular weight excluding hydrogens is 498 g/mol. The smallest absolute Gasteiger partial charge is 0.326 e. The van der Waals surface area contributed by atoms with Crippen LogP contribution in [0.4, 0.5) is 0 Å². The Morgan fingerprint density at radius 2 is 1.54 bits per heavy atom. The number of carbonyl (C=O) groups is 4. The largest absolute Gasteiger partial charge is 0.508 e. The Balaban J connectivity index is 1.83. The fourth-order valence-electron chi connectivity index (χ4n) is 3.79. The molecule has 3 rings (SSSR count). The number of carbonyl (C=O) groups excluding carboxylic acids is 3. The zero-order valence-corrected chi connectivity index (χ0v) is 20.7. The number of aromatic amines is 1. The van der Waals surface area contributed by atoms with Gasteiger partial charge in [-0.15, -0.1) is 0 Å². The number of nitrogens with one attached hydrogen (secondary N) is 4. The van der Waals surface area contributed by atoms with E-state index in [2.05, 4.69) is 33.6 Å². The summed E-state index contributed by atoms with van der Waals surface area (Å²) in [4.78, 5) is 53.0. The van der Waals surface area contributed by atoms with Crippen molar-refractivity contribution in [3.8, 4) is 5.75 Å². The molecule has 0 saturated carbocycles. The highest BCUT2D eigenvalue weighted by atomic mass is 32.1. The Morgan fingerprint density at radius 1 is 0.892 bits per heavy atom. The molecule has 196 valence electrons. The van der Waals surface area contributed by atoms with E-state index in [0.717, 1.165) is 16.5 Å². The van der Waals surface area contributed by atoms with Gasteiger partial charge < -0.3 is 36.9 Å². The maximum atomic E-state index is 13.3. The molecule has 0 bridgehead atoms. The average Bonchev–Trinajstić information content (AvgIpc) is 3.30. The van der Waals surface area contributed by atoms with E-state index in [4.69, 9.17) is 5.73 Å². The molecule has 0 radical (unpaired) electrons. The molecule has 0 saturated heterocycles. The van der Waals surface area contributed by atoms with Crippen LogP contribution >= 0.6 is 12.6 Å². The Bertz CT molecular complexity index is 1260. The van der Waals surface area contributed by atoms with E-state index in [1.165, 1.54) is 12.1 Å². The van der Waals surface area contributed by atoms with E-state index >= 15 is 0 Å². The first-order valence-electron chi connectivity index (χ1n) is 11.5. The van der Waals surface area contributed by atoms with E-state index in [1.807, 2.05) is 24.3 Å². The van der Waals surface area contributed by atoms with E-state index in [0.29, 0.717) is 5.56 Å². The maximum Gasteiger partial charge on any atom is 0.326 e. The summed E-state index contributed by atoms with van der Waals surface area (Å²) in [6.45, 7) is -0.325. The summed E-state index contributed by atoms with van der Waals surface area (Å²) >= 11 is 4.11. The minimum absolute atomic E-state index is 0.0293. The van der Waals surface area contributed by atoms with Gasteiger partial charge in [-0.05, 0) is 29.3 Å². The molecular formula is C25H29N5O6S. The fourth-order valence-corrected chi connectivity index (χ4v) is 4.05. The van der Waals surface area contributed by atoms with Crippen LogP contribution in [0.3, 0.4) is 0 Å². The number of phenolic OH excluding ortho intramolecular Hbond substituents is 1. The van der Waals surface area contributed by atoms with Gasteiger partial charge in [0.15, 0.2) is 0 Å². The lowest BCUT2D eigenvalue weighted by Gasteiger charge is -2.24. The Morgan fingerprint density at radius 3 is 2.19 bits per heavy atom. The third-order valence-corrected chi connectivity index (χ3v) is 6.11. The molecule has 37 heavy (non-hydrogen) atoms. The van der Waals surface area contributed by atoms with Crippen LogP contribution in [0.2, 0.25) is 0 Å². The van der Waals surface area contributed by atoms with Crippen molar-refractivity contribution in [3.05, 3.63) is 65.9 Å². The lowest BCUT2D eigenvalue weighted by atomic mass is 10.0. The average molecular weight is 528 g/mol. The summed E-state index contributed by atoms with van der Waals surface area (Å²) in [5.41, 5.74) is 7.47. The number of para-hydroxylation sites is 1. The first kappa shape index (κ1) is 27.6. The predicted octanol–water partition coefficient (Wildman–Crippen LogP) is 0.0862. The number of benzene rings is 2. The van der Waals surface area contributed by atoms with Crippen molar-refractivity contribution < 1.29 is 29.4 Å². The third kappa shape index (κ3) is 7.48. The van der Waals surface area contributed by atoms with Gasteiger partial charge in [0.25, 0.3) is 0 Å². The number of rotatable bonds is 12. The molecule has 0 aliphatic rings. The van der Waals surface area contributed by atoms with Crippen molar-refractivity contribution >= 4 is 47.2 Å². The number of nitrogens with two attached hydrogens (primary N) is 1. The molecule has 12 heteroatoms. The number of aromatic nitrogens is 1.